The lowest BCUT2D eigenvalue weighted by molar-refractivity contribution is -0.122. The molecule has 5 nitrogen and oxygen atoms in total. The molecule has 1 aromatic carbocycles. The van der Waals surface area contributed by atoms with Crippen LogP contribution in [0.15, 0.2) is 24.3 Å². The summed E-state index contributed by atoms with van der Waals surface area (Å²) in [7, 11) is 0. The Bertz CT molecular complexity index is 986. The normalized spacial score (nSPS) is 18.4. The lowest BCUT2D eigenvalue weighted by Gasteiger charge is -2.18. The maximum atomic E-state index is 12.8. The number of nitriles is 1. The second-order valence-corrected chi connectivity index (χ2v) is 8.92. The van der Waals surface area contributed by atoms with Crippen molar-refractivity contribution in [2.45, 2.75) is 45.4 Å². The van der Waals surface area contributed by atoms with Crippen LogP contribution in [0.25, 0.3) is 0 Å². The van der Waals surface area contributed by atoms with Gasteiger partial charge in [0.1, 0.15) is 11.1 Å². The number of nitrogens with one attached hydrogen (secondary N) is 1. The smallest absolute Gasteiger partial charge is 0.230 e. The van der Waals surface area contributed by atoms with Gasteiger partial charge in [-0.3, -0.25) is 9.59 Å². The summed E-state index contributed by atoms with van der Waals surface area (Å²) in [6.07, 6.45) is 3.16. The Morgan fingerprint density at radius 1 is 1.36 bits per heavy atom. The molecule has 2 amide bonds. The van der Waals surface area contributed by atoms with Crippen LogP contribution in [0.3, 0.4) is 0 Å². The van der Waals surface area contributed by atoms with Gasteiger partial charge in [0.05, 0.1) is 11.5 Å². The molecule has 1 aromatic heterocycles. The number of rotatable bonds is 4. The van der Waals surface area contributed by atoms with Crippen LogP contribution < -0.4 is 10.2 Å². The monoisotopic (exact) mass is 393 g/mol. The second kappa shape index (κ2) is 7.40. The number of carbonyl (C=O) groups is 2. The predicted octanol–water partition coefficient (Wildman–Crippen LogP) is 4.22. The van der Waals surface area contributed by atoms with E-state index < -0.39 is 5.92 Å². The summed E-state index contributed by atoms with van der Waals surface area (Å²) < 4.78 is 0. The fraction of sp³-hybridized carbons (Fsp3) is 0.409. The third kappa shape index (κ3) is 3.31. The van der Waals surface area contributed by atoms with Crippen LogP contribution in [0.5, 0.6) is 0 Å². The maximum absolute atomic E-state index is 12.8. The van der Waals surface area contributed by atoms with Gasteiger partial charge in [-0.1, -0.05) is 26.0 Å². The first kappa shape index (κ1) is 18.7. The third-order valence-corrected chi connectivity index (χ3v) is 6.82. The highest BCUT2D eigenvalue weighted by Gasteiger charge is 2.36. The van der Waals surface area contributed by atoms with Crippen molar-refractivity contribution in [3.63, 3.8) is 0 Å². The van der Waals surface area contributed by atoms with Gasteiger partial charge in [-0.05, 0) is 48.4 Å². The summed E-state index contributed by atoms with van der Waals surface area (Å²) in [6.45, 7) is 4.61. The fourth-order valence-electron chi connectivity index (χ4n) is 4.01. The molecule has 1 N–H and O–H groups in total. The molecule has 1 atom stereocenters. The summed E-state index contributed by atoms with van der Waals surface area (Å²) in [5, 5.41) is 13.1. The van der Waals surface area contributed by atoms with Crippen molar-refractivity contribution < 1.29 is 9.59 Å². The molecule has 1 aliphatic heterocycles. The van der Waals surface area contributed by atoms with Gasteiger partial charge in [0.25, 0.3) is 0 Å². The molecular weight excluding hydrogens is 370 g/mol. The van der Waals surface area contributed by atoms with Crippen molar-refractivity contribution in [1.29, 1.82) is 5.26 Å². The molecule has 0 saturated carbocycles. The molecule has 1 aliphatic carbocycles. The molecule has 144 valence electrons. The average Bonchev–Trinajstić information content (AvgIpc) is 3.36. The zero-order valence-electron chi connectivity index (χ0n) is 16.1. The number of carbonyl (C=O) groups excluding carboxylic acids is 2. The van der Waals surface area contributed by atoms with E-state index in [9.17, 15) is 14.9 Å². The maximum Gasteiger partial charge on any atom is 0.230 e. The number of amides is 2. The number of fused-ring (bicyclic) bond motifs is 1. The van der Waals surface area contributed by atoms with E-state index in [1.165, 1.54) is 21.8 Å². The van der Waals surface area contributed by atoms with Gasteiger partial charge >= 0.3 is 0 Å². The van der Waals surface area contributed by atoms with Crippen molar-refractivity contribution in [3.8, 4) is 6.07 Å². The summed E-state index contributed by atoms with van der Waals surface area (Å²) >= 11 is 1.51. The fourth-order valence-corrected chi connectivity index (χ4v) is 5.25. The van der Waals surface area contributed by atoms with E-state index in [1.54, 1.807) is 4.90 Å². The molecule has 2 heterocycles. The second-order valence-electron chi connectivity index (χ2n) is 7.82. The highest BCUT2D eigenvalue weighted by Crippen LogP contribution is 2.39. The van der Waals surface area contributed by atoms with Crippen LogP contribution in [0.1, 0.15) is 54.2 Å². The lowest BCUT2D eigenvalue weighted by Crippen LogP contribution is -2.28. The van der Waals surface area contributed by atoms with Crippen LogP contribution in [0.4, 0.5) is 10.7 Å². The number of benzene rings is 1. The minimum Gasteiger partial charge on any atom is -0.316 e. The van der Waals surface area contributed by atoms with Crippen molar-refractivity contribution in [3.05, 3.63) is 45.8 Å². The summed E-state index contributed by atoms with van der Waals surface area (Å²) in [5.74, 6) is -0.233. The van der Waals surface area contributed by atoms with E-state index in [0.29, 0.717) is 23.0 Å². The zero-order chi connectivity index (χ0) is 19.8. The molecule has 0 radical (unpaired) electrons. The Morgan fingerprint density at radius 3 is 2.93 bits per heavy atom. The van der Waals surface area contributed by atoms with E-state index >= 15 is 0 Å². The number of aryl methyl sites for hydroxylation is 1. The van der Waals surface area contributed by atoms with Crippen molar-refractivity contribution in [2.75, 3.05) is 16.8 Å². The first-order valence-electron chi connectivity index (χ1n) is 9.73. The molecule has 1 fully saturated rings. The van der Waals surface area contributed by atoms with E-state index in [2.05, 4.69) is 31.3 Å². The Hall–Kier alpha value is -2.65. The standard InChI is InChI=1S/C22H23N3O2S/c1-13(2)14-5-3-6-16(9-14)25-12-15(10-20(25)26)21(27)24-22-18(11-23)17-7-4-8-19(17)28-22/h3,5-6,9,13,15H,4,7-8,10,12H2,1-2H3,(H,24,27)/t15-/m1/s1. The van der Waals surface area contributed by atoms with E-state index in [4.69, 9.17) is 0 Å². The highest BCUT2D eigenvalue weighted by atomic mass is 32.1. The molecular formula is C22H23N3O2S. The molecule has 2 aromatic rings. The first-order valence-corrected chi connectivity index (χ1v) is 10.6. The van der Waals surface area contributed by atoms with Crippen LogP contribution in [0.2, 0.25) is 0 Å². The largest absolute Gasteiger partial charge is 0.316 e. The highest BCUT2D eigenvalue weighted by molar-refractivity contribution is 7.16. The Balaban J connectivity index is 1.49. The summed E-state index contributed by atoms with van der Waals surface area (Å²) in [6, 6.07) is 10.2. The zero-order valence-corrected chi connectivity index (χ0v) is 16.9. The van der Waals surface area contributed by atoms with Gasteiger partial charge in [-0.25, -0.2) is 0 Å². The molecule has 0 bridgehead atoms. The molecule has 0 spiro atoms. The lowest BCUT2D eigenvalue weighted by atomic mass is 10.0. The van der Waals surface area contributed by atoms with Crippen molar-refractivity contribution >= 4 is 33.8 Å². The summed E-state index contributed by atoms with van der Waals surface area (Å²) in [4.78, 5) is 28.3. The number of hydrogen-bond donors (Lipinski definition) is 1. The van der Waals surface area contributed by atoms with Crippen LogP contribution in [-0.4, -0.2) is 18.4 Å². The molecule has 6 heteroatoms. The molecule has 1 saturated heterocycles. The van der Waals surface area contributed by atoms with Gasteiger partial charge in [-0.2, -0.15) is 5.26 Å². The Labute approximate surface area is 169 Å². The number of hydrogen-bond acceptors (Lipinski definition) is 4. The number of anilines is 2. The average molecular weight is 394 g/mol. The van der Waals surface area contributed by atoms with Crippen LogP contribution in [-0.2, 0) is 22.4 Å². The Kier molecular flexibility index (Phi) is 4.94. The SMILES string of the molecule is CC(C)c1cccc(N2C[C@H](C(=O)Nc3sc4c(c3C#N)CCC4)CC2=O)c1. The van der Waals surface area contributed by atoms with Gasteiger partial charge in [-0.15, -0.1) is 11.3 Å². The minimum atomic E-state index is -0.404. The van der Waals surface area contributed by atoms with Crippen molar-refractivity contribution in [1.82, 2.24) is 0 Å². The topological polar surface area (TPSA) is 73.2 Å². The molecule has 28 heavy (non-hydrogen) atoms. The van der Waals surface area contributed by atoms with Crippen molar-refractivity contribution in [2.24, 2.45) is 5.92 Å². The quantitative estimate of drug-likeness (QED) is 0.845. The Morgan fingerprint density at radius 2 is 2.18 bits per heavy atom. The third-order valence-electron chi connectivity index (χ3n) is 5.61. The molecule has 4 rings (SSSR count). The number of nitrogens with zero attached hydrogens (tertiary/aromatic N) is 2. The van der Waals surface area contributed by atoms with E-state index in [-0.39, 0.29) is 18.2 Å². The van der Waals surface area contributed by atoms with Gasteiger partial charge in [0.2, 0.25) is 11.8 Å². The molecule has 0 unspecified atom stereocenters. The number of thiophene rings is 1. The van der Waals surface area contributed by atoms with E-state index in [1.807, 2.05) is 18.2 Å². The van der Waals surface area contributed by atoms with Crippen LogP contribution in [0, 0.1) is 17.2 Å². The van der Waals surface area contributed by atoms with Gasteiger partial charge < -0.3 is 10.2 Å². The van der Waals surface area contributed by atoms with Crippen LogP contribution >= 0.6 is 11.3 Å². The molecule has 2 aliphatic rings. The van der Waals surface area contributed by atoms with Gasteiger partial charge in [0, 0.05) is 23.5 Å². The minimum absolute atomic E-state index is 0.0322. The first-order chi connectivity index (χ1) is 13.5. The summed E-state index contributed by atoms with van der Waals surface area (Å²) in [5.41, 5.74) is 3.72. The van der Waals surface area contributed by atoms with Gasteiger partial charge in [0.15, 0.2) is 0 Å². The van der Waals surface area contributed by atoms with E-state index in [0.717, 1.165) is 30.5 Å². The predicted molar refractivity (Wildman–Crippen MR) is 111 cm³/mol.